The van der Waals surface area contributed by atoms with Crippen molar-refractivity contribution in [3.8, 4) is 0 Å². The van der Waals surface area contributed by atoms with E-state index < -0.39 is 23.6 Å². The molecule has 1 unspecified atom stereocenters. The fourth-order valence-corrected chi connectivity index (χ4v) is 0.856. The van der Waals surface area contributed by atoms with Crippen LogP contribution in [-0.2, 0) is 9.53 Å². The van der Waals surface area contributed by atoms with Gasteiger partial charge in [-0.3, -0.25) is 10.1 Å². The summed E-state index contributed by atoms with van der Waals surface area (Å²) in [7, 11) is 1.43. The summed E-state index contributed by atoms with van der Waals surface area (Å²) in [5.74, 6) is -0.490. The second-order valence-corrected chi connectivity index (χ2v) is 3.79. The predicted molar refractivity (Wildman–Crippen MR) is 56.3 cm³/mol. The molecule has 0 saturated heterocycles. The van der Waals surface area contributed by atoms with E-state index in [2.05, 4.69) is 10.6 Å². The molecular formula is C9H19N3O3. The van der Waals surface area contributed by atoms with Crippen LogP contribution in [0.2, 0.25) is 0 Å². The quantitative estimate of drug-likeness (QED) is 0.596. The van der Waals surface area contributed by atoms with Gasteiger partial charge >= 0.3 is 6.03 Å². The van der Waals surface area contributed by atoms with Gasteiger partial charge in [-0.1, -0.05) is 0 Å². The molecule has 1 atom stereocenters. The molecular weight excluding hydrogens is 198 g/mol. The summed E-state index contributed by atoms with van der Waals surface area (Å²) in [6.07, 6.45) is -0.721. The summed E-state index contributed by atoms with van der Waals surface area (Å²) in [4.78, 5) is 22.2. The molecule has 4 N–H and O–H groups in total. The van der Waals surface area contributed by atoms with Crippen LogP contribution in [-0.4, -0.2) is 37.2 Å². The zero-order valence-corrected chi connectivity index (χ0v) is 9.59. The summed E-state index contributed by atoms with van der Waals surface area (Å²) in [5, 5.41) is 4.40. The Morgan fingerprint density at radius 1 is 1.47 bits per heavy atom. The van der Waals surface area contributed by atoms with Crippen molar-refractivity contribution in [2.24, 2.45) is 5.73 Å². The summed E-state index contributed by atoms with van der Waals surface area (Å²) < 4.78 is 5.38. The molecule has 0 aromatic rings. The molecule has 3 amide bonds. The van der Waals surface area contributed by atoms with Crippen molar-refractivity contribution in [3.05, 3.63) is 0 Å². The number of urea groups is 1. The Balaban J connectivity index is 4.16. The number of amides is 3. The molecule has 0 radical (unpaired) electrons. The van der Waals surface area contributed by atoms with Crippen LogP contribution >= 0.6 is 0 Å². The minimum absolute atomic E-state index is 0.296. The number of nitrogens with two attached hydrogens (primary N) is 1. The number of carbonyl (C=O) groups is 2. The molecule has 6 heteroatoms. The molecule has 88 valence electrons. The van der Waals surface area contributed by atoms with Crippen LogP contribution in [0.4, 0.5) is 4.79 Å². The Hall–Kier alpha value is -1.14. The number of rotatable bonds is 4. The first-order valence-corrected chi connectivity index (χ1v) is 4.73. The zero-order chi connectivity index (χ0) is 12.1. The maximum Gasteiger partial charge on any atom is 0.321 e. The van der Waals surface area contributed by atoms with Crippen molar-refractivity contribution in [1.29, 1.82) is 0 Å². The number of hydrogen-bond donors (Lipinski definition) is 3. The highest BCUT2D eigenvalue weighted by atomic mass is 16.5. The maximum absolute atomic E-state index is 11.4. The third kappa shape index (κ3) is 5.34. The third-order valence-electron chi connectivity index (χ3n) is 1.82. The van der Waals surface area contributed by atoms with Crippen LogP contribution in [0.25, 0.3) is 0 Å². The molecule has 0 saturated carbocycles. The summed E-state index contributed by atoms with van der Waals surface area (Å²) >= 11 is 0. The number of ether oxygens (including phenoxy) is 1. The van der Waals surface area contributed by atoms with Crippen molar-refractivity contribution >= 4 is 11.9 Å². The molecule has 0 aliphatic rings. The smallest absolute Gasteiger partial charge is 0.321 e. The Labute approximate surface area is 89.5 Å². The Kier molecular flexibility index (Phi) is 5.24. The summed E-state index contributed by atoms with van der Waals surface area (Å²) in [5.41, 5.74) is 4.86. The lowest BCUT2D eigenvalue weighted by atomic mass is 10.1. The highest BCUT2D eigenvalue weighted by Gasteiger charge is 2.24. The molecule has 0 spiro atoms. The van der Waals surface area contributed by atoms with E-state index in [9.17, 15) is 9.59 Å². The predicted octanol–water partition coefficient (Wildman–Crippen LogP) is -0.416. The van der Waals surface area contributed by atoms with Crippen LogP contribution in [0.5, 0.6) is 0 Å². The van der Waals surface area contributed by atoms with Gasteiger partial charge in [0.2, 0.25) is 0 Å². The van der Waals surface area contributed by atoms with Gasteiger partial charge in [-0.05, 0) is 20.8 Å². The molecule has 0 rings (SSSR count). The van der Waals surface area contributed by atoms with E-state index in [1.165, 1.54) is 7.05 Å². The molecule has 0 aromatic carbocycles. The van der Waals surface area contributed by atoms with Gasteiger partial charge in [0.1, 0.15) is 6.10 Å². The first-order valence-electron chi connectivity index (χ1n) is 4.73. The lowest BCUT2D eigenvalue weighted by Gasteiger charge is -2.26. The van der Waals surface area contributed by atoms with Crippen LogP contribution in [0.1, 0.15) is 20.8 Å². The Morgan fingerprint density at radius 3 is 2.40 bits per heavy atom. The molecule has 0 fully saturated rings. The monoisotopic (exact) mass is 217 g/mol. The van der Waals surface area contributed by atoms with Gasteiger partial charge in [-0.25, -0.2) is 4.79 Å². The van der Waals surface area contributed by atoms with Crippen molar-refractivity contribution < 1.29 is 14.3 Å². The zero-order valence-electron chi connectivity index (χ0n) is 9.59. The number of imide groups is 1. The SMILES string of the molecule is CNC(=O)NC(=O)C(C)OC(C)(C)CN. The van der Waals surface area contributed by atoms with Crippen LogP contribution in [0, 0.1) is 0 Å². The van der Waals surface area contributed by atoms with Crippen molar-refractivity contribution in [1.82, 2.24) is 10.6 Å². The molecule has 0 bridgehead atoms. The molecule has 0 aliphatic heterocycles. The van der Waals surface area contributed by atoms with Gasteiger partial charge in [0.25, 0.3) is 5.91 Å². The minimum Gasteiger partial charge on any atom is -0.361 e. The minimum atomic E-state index is -0.721. The number of nitrogens with one attached hydrogen (secondary N) is 2. The molecule has 0 aromatic heterocycles. The molecule has 6 nitrogen and oxygen atoms in total. The summed E-state index contributed by atoms with van der Waals surface area (Å²) in [6.45, 7) is 5.41. The van der Waals surface area contributed by atoms with Crippen LogP contribution in [0.15, 0.2) is 0 Å². The normalized spacial score (nSPS) is 13.1. The van der Waals surface area contributed by atoms with Crippen LogP contribution in [0.3, 0.4) is 0 Å². The second kappa shape index (κ2) is 5.67. The van der Waals surface area contributed by atoms with E-state index in [-0.39, 0.29) is 0 Å². The maximum atomic E-state index is 11.4. The van der Waals surface area contributed by atoms with E-state index in [4.69, 9.17) is 10.5 Å². The highest BCUT2D eigenvalue weighted by molar-refractivity contribution is 5.96. The fraction of sp³-hybridized carbons (Fsp3) is 0.778. The largest absolute Gasteiger partial charge is 0.361 e. The Bertz CT molecular complexity index is 241. The van der Waals surface area contributed by atoms with Crippen molar-refractivity contribution in [2.75, 3.05) is 13.6 Å². The number of hydrogen-bond acceptors (Lipinski definition) is 4. The second-order valence-electron chi connectivity index (χ2n) is 3.79. The van der Waals surface area contributed by atoms with E-state index in [1.807, 2.05) is 0 Å². The first kappa shape index (κ1) is 13.9. The lowest BCUT2D eigenvalue weighted by Crippen LogP contribution is -2.47. The van der Waals surface area contributed by atoms with Gasteiger partial charge in [0, 0.05) is 13.6 Å². The fourth-order valence-electron chi connectivity index (χ4n) is 0.856. The topological polar surface area (TPSA) is 93.5 Å². The standard InChI is InChI=1S/C9H19N3O3/c1-6(15-9(2,3)5-10)7(13)12-8(14)11-4/h6H,5,10H2,1-4H3,(H2,11,12,13,14). The third-order valence-corrected chi connectivity index (χ3v) is 1.82. The molecule has 0 heterocycles. The lowest BCUT2D eigenvalue weighted by molar-refractivity contribution is -0.140. The molecule has 15 heavy (non-hydrogen) atoms. The van der Waals surface area contributed by atoms with Gasteiger partial charge in [-0.15, -0.1) is 0 Å². The van der Waals surface area contributed by atoms with Gasteiger partial charge in [0.05, 0.1) is 5.60 Å². The van der Waals surface area contributed by atoms with Gasteiger partial charge in [-0.2, -0.15) is 0 Å². The Morgan fingerprint density at radius 2 is 2.00 bits per heavy atom. The first-order chi connectivity index (χ1) is 6.82. The molecule has 0 aliphatic carbocycles. The average Bonchev–Trinajstić information content (AvgIpc) is 2.16. The highest BCUT2D eigenvalue weighted by Crippen LogP contribution is 2.10. The van der Waals surface area contributed by atoms with Crippen molar-refractivity contribution in [2.45, 2.75) is 32.5 Å². The number of carbonyl (C=O) groups excluding carboxylic acids is 2. The average molecular weight is 217 g/mol. The summed E-state index contributed by atoms with van der Waals surface area (Å²) in [6, 6.07) is -0.555. The van der Waals surface area contributed by atoms with Gasteiger partial charge < -0.3 is 15.8 Å². The van der Waals surface area contributed by atoms with E-state index in [0.29, 0.717) is 6.54 Å². The van der Waals surface area contributed by atoms with Crippen LogP contribution < -0.4 is 16.4 Å². The van der Waals surface area contributed by atoms with E-state index >= 15 is 0 Å². The van der Waals surface area contributed by atoms with Gasteiger partial charge in [0.15, 0.2) is 0 Å². The van der Waals surface area contributed by atoms with E-state index in [1.54, 1.807) is 20.8 Å². The van der Waals surface area contributed by atoms with Crippen molar-refractivity contribution in [3.63, 3.8) is 0 Å². The van der Waals surface area contributed by atoms with E-state index in [0.717, 1.165) is 0 Å².